The zero-order chi connectivity index (χ0) is 13.3. The fourth-order valence-electron chi connectivity index (χ4n) is 2.88. The van der Waals surface area contributed by atoms with E-state index >= 15 is 0 Å². The van der Waals surface area contributed by atoms with Gasteiger partial charge in [-0.15, -0.1) is 0 Å². The quantitative estimate of drug-likeness (QED) is 0.894. The van der Waals surface area contributed by atoms with Crippen molar-refractivity contribution in [2.45, 2.75) is 32.1 Å². The monoisotopic (exact) mass is 249 g/mol. The van der Waals surface area contributed by atoms with Crippen LogP contribution in [0.3, 0.4) is 0 Å². The van der Waals surface area contributed by atoms with Gasteiger partial charge in [-0.2, -0.15) is 0 Å². The summed E-state index contributed by atoms with van der Waals surface area (Å²) >= 11 is 0. The molecule has 4 heteroatoms. The first-order valence-corrected chi connectivity index (χ1v) is 6.27. The molecule has 0 aliphatic carbocycles. The number of carbonyl (C=O) groups is 1. The molecule has 1 aromatic rings. The van der Waals surface area contributed by atoms with Crippen LogP contribution in [0.15, 0.2) is 18.2 Å². The number of para-hydroxylation sites is 1. The largest absolute Gasteiger partial charge is 0.495 e. The fraction of sp³-hybridized carbons (Fsp3) is 0.500. The molecule has 0 spiro atoms. The lowest BCUT2D eigenvalue weighted by molar-refractivity contribution is 0.200. The molecule has 1 aromatic carbocycles. The lowest BCUT2D eigenvalue weighted by Crippen LogP contribution is -2.35. The SMILES string of the molecule is CCC1(CC)CN(C(=O)O)c2c(OC)cccc21. The molecule has 1 aliphatic rings. The van der Waals surface area contributed by atoms with Gasteiger partial charge in [-0.05, 0) is 24.5 Å². The van der Waals surface area contributed by atoms with E-state index in [9.17, 15) is 9.90 Å². The Labute approximate surface area is 107 Å². The summed E-state index contributed by atoms with van der Waals surface area (Å²) in [6, 6.07) is 5.77. The molecular weight excluding hydrogens is 230 g/mol. The van der Waals surface area contributed by atoms with Gasteiger partial charge >= 0.3 is 6.09 Å². The Kier molecular flexibility index (Phi) is 3.20. The van der Waals surface area contributed by atoms with Gasteiger partial charge < -0.3 is 9.84 Å². The highest BCUT2D eigenvalue weighted by Crippen LogP contribution is 2.49. The number of hydrogen-bond acceptors (Lipinski definition) is 2. The van der Waals surface area contributed by atoms with Crippen LogP contribution < -0.4 is 9.64 Å². The summed E-state index contributed by atoms with van der Waals surface area (Å²) < 4.78 is 5.31. The zero-order valence-corrected chi connectivity index (χ0v) is 11.1. The van der Waals surface area contributed by atoms with Crippen LogP contribution in [0.25, 0.3) is 0 Å². The van der Waals surface area contributed by atoms with Gasteiger partial charge in [0.05, 0.1) is 12.8 Å². The Morgan fingerprint density at radius 3 is 2.61 bits per heavy atom. The molecule has 98 valence electrons. The Morgan fingerprint density at radius 2 is 2.11 bits per heavy atom. The number of carboxylic acid groups (broad SMARTS) is 1. The van der Waals surface area contributed by atoms with E-state index < -0.39 is 6.09 Å². The maximum absolute atomic E-state index is 11.4. The van der Waals surface area contributed by atoms with Gasteiger partial charge in [0, 0.05) is 12.0 Å². The van der Waals surface area contributed by atoms with Gasteiger partial charge in [-0.25, -0.2) is 4.79 Å². The summed E-state index contributed by atoms with van der Waals surface area (Å²) in [6.45, 7) is 4.74. The third kappa shape index (κ3) is 1.64. The number of methoxy groups -OCH3 is 1. The molecule has 1 aliphatic heterocycles. The number of ether oxygens (including phenoxy) is 1. The second-order valence-corrected chi connectivity index (χ2v) is 4.71. The van der Waals surface area contributed by atoms with Crippen LogP contribution in [-0.4, -0.2) is 24.9 Å². The molecular formula is C14H19NO3. The molecule has 4 nitrogen and oxygen atoms in total. The second-order valence-electron chi connectivity index (χ2n) is 4.71. The van der Waals surface area contributed by atoms with E-state index in [-0.39, 0.29) is 5.41 Å². The van der Waals surface area contributed by atoms with Crippen molar-refractivity contribution in [2.75, 3.05) is 18.6 Å². The molecule has 0 atom stereocenters. The van der Waals surface area contributed by atoms with E-state index in [0.29, 0.717) is 12.3 Å². The first-order chi connectivity index (χ1) is 8.59. The van der Waals surface area contributed by atoms with Gasteiger partial charge in [0.25, 0.3) is 0 Å². The van der Waals surface area contributed by atoms with Gasteiger partial charge in [0.1, 0.15) is 5.75 Å². The van der Waals surface area contributed by atoms with Crippen LogP contribution in [0, 0.1) is 0 Å². The standard InChI is InChI=1S/C14H19NO3/c1-4-14(5-2)9-15(13(16)17)12-10(14)7-6-8-11(12)18-3/h6-8H,4-5,9H2,1-3H3,(H,16,17). The molecule has 1 amide bonds. The number of benzene rings is 1. The molecule has 0 bridgehead atoms. The number of fused-ring (bicyclic) bond motifs is 1. The van der Waals surface area contributed by atoms with Crippen LogP contribution in [0.1, 0.15) is 32.3 Å². The fourth-order valence-corrected chi connectivity index (χ4v) is 2.88. The Hall–Kier alpha value is -1.71. The van der Waals surface area contributed by atoms with Crippen molar-refractivity contribution < 1.29 is 14.6 Å². The van der Waals surface area contributed by atoms with Gasteiger partial charge in [0.15, 0.2) is 0 Å². The second kappa shape index (κ2) is 4.52. The summed E-state index contributed by atoms with van der Waals surface area (Å²) in [5.74, 6) is 0.638. The van der Waals surface area contributed by atoms with Crippen molar-refractivity contribution in [3.63, 3.8) is 0 Å². The van der Waals surface area contributed by atoms with E-state index in [4.69, 9.17) is 4.74 Å². The smallest absolute Gasteiger partial charge is 0.411 e. The highest BCUT2D eigenvalue weighted by atomic mass is 16.5. The summed E-state index contributed by atoms with van der Waals surface area (Å²) in [4.78, 5) is 12.8. The van der Waals surface area contributed by atoms with Gasteiger partial charge in [-0.3, -0.25) is 4.90 Å². The molecule has 0 fully saturated rings. The molecule has 1 N–H and O–H groups in total. The van der Waals surface area contributed by atoms with Crippen LogP contribution in [0.2, 0.25) is 0 Å². The predicted molar refractivity (Wildman–Crippen MR) is 70.6 cm³/mol. The first-order valence-electron chi connectivity index (χ1n) is 6.27. The molecule has 0 unspecified atom stereocenters. The van der Waals surface area contributed by atoms with E-state index in [1.165, 1.54) is 4.90 Å². The highest BCUT2D eigenvalue weighted by molar-refractivity contribution is 5.92. The summed E-state index contributed by atoms with van der Waals surface area (Å²) in [6.07, 6.45) is 0.936. The molecule has 0 saturated carbocycles. The summed E-state index contributed by atoms with van der Waals surface area (Å²) in [7, 11) is 1.58. The molecule has 2 rings (SSSR count). The van der Waals surface area contributed by atoms with Crippen molar-refractivity contribution in [3.8, 4) is 5.75 Å². The van der Waals surface area contributed by atoms with Gasteiger partial charge in [0.2, 0.25) is 0 Å². The van der Waals surface area contributed by atoms with Crippen molar-refractivity contribution in [3.05, 3.63) is 23.8 Å². The van der Waals surface area contributed by atoms with Crippen LogP contribution >= 0.6 is 0 Å². The van der Waals surface area contributed by atoms with Crippen molar-refractivity contribution in [1.29, 1.82) is 0 Å². The van der Waals surface area contributed by atoms with Crippen LogP contribution in [0.4, 0.5) is 10.5 Å². The lowest BCUT2D eigenvalue weighted by atomic mass is 9.77. The minimum atomic E-state index is -0.912. The lowest BCUT2D eigenvalue weighted by Gasteiger charge is -2.26. The maximum Gasteiger partial charge on any atom is 0.411 e. The minimum Gasteiger partial charge on any atom is -0.495 e. The number of rotatable bonds is 3. The van der Waals surface area contributed by atoms with Crippen LogP contribution in [0.5, 0.6) is 5.75 Å². The molecule has 0 saturated heterocycles. The average molecular weight is 249 g/mol. The van der Waals surface area contributed by atoms with E-state index in [1.807, 2.05) is 18.2 Å². The Balaban J connectivity index is 2.64. The molecule has 1 heterocycles. The highest BCUT2D eigenvalue weighted by Gasteiger charge is 2.43. The average Bonchev–Trinajstić information content (AvgIpc) is 2.74. The number of amides is 1. The predicted octanol–water partition coefficient (Wildman–Crippen LogP) is 3.25. The Bertz CT molecular complexity index is 466. The zero-order valence-electron chi connectivity index (χ0n) is 11.1. The van der Waals surface area contributed by atoms with E-state index in [2.05, 4.69) is 13.8 Å². The first kappa shape index (κ1) is 12.7. The normalized spacial score (nSPS) is 16.5. The molecule has 18 heavy (non-hydrogen) atoms. The van der Waals surface area contributed by atoms with Crippen molar-refractivity contribution in [2.24, 2.45) is 0 Å². The van der Waals surface area contributed by atoms with Crippen LogP contribution in [-0.2, 0) is 5.41 Å². The van der Waals surface area contributed by atoms with E-state index in [1.54, 1.807) is 7.11 Å². The Morgan fingerprint density at radius 1 is 1.44 bits per heavy atom. The summed E-state index contributed by atoms with van der Waals surface area (Å²) in [5.41, 5.74) is 1.73. The minimum absolute atomic E-state index is 0.0811. The maximum atomic E-state index is 11.4. The number of hydrogen-bond donors (Lipinski definition) is 1. The van der Waals surface area contributed by atoms with E-state index in [0.717, 1.165) is 24.1 Å². The molecule has 0 aromatic heterocycles. The number of anilines is 1. The summed E-state index contributed by atoms with van der Waals surface area (Å²) in [5, 5.41) is 9.37. The van der Waals surface area contributed by atoms with Crippen molar-refractivity contribution in [1.82, 2.24) is 0 Å². The third-order valence-electron chi connectivity index (χ3n) is 4.11. The molecule has 0 radical (unpaired) electrons. The van der Waals surface area contributed by atoms with Crippen molar-refractivity contribution >= 4 is 11.8 Å². The number of nitrogens with zero attached hydrogens (tertiary/aromatic N) is 1. The topological polar surface area (TPSA) is 49.8 Å². The van der Waals surface area contributed by atoms with Gasteiger partial charge in [-0.1, -0.05) is 26.0 Å². The third-order valence-corrected chi connectivity index (χ3v) is 4.11.